The number of likely N-dealkylation sites (tertiary alicyclic amines) is 1. The third-order valence-corrected chi connectivity index (χ3v) is 5.63. The normalized spacial score (nSPS) is 24.9. The van der Waals surface area contributed by atoms with Gasteiger partial charge in [0.25, 0.3) is 0 Å². The van der Waals surface area contributed by atoms with Crippen LogP contribution in [0.1, 0.15) is 64.7 Å². The van der Waals surface area contributed by atoms with Crippen molar-refractivity contribution < 1.29 is 15.0 Å². The van der Waals surface area contributed by atoms with Crippen LogP contribution >= 0.6 is 22.6 Å². The first-order valence-electron chi connectivity index (χ1n) is 7.83. The Morgan fingerprint density at radius 3 is 2.55 bits per heavy atom. The van der Waals surface area contributed by atoms with Gasteiger partial charge in [-0.25, -0.2) is 0 Å². The topological polar surface area (TPSA) is 60.8 Å². The lowest BCUT2D eigenvalue weighted by molar-refractivity contribution is -0.152. The van der Waals surface area contributed by atoms with Crippen LogP contribution < -0.4 is 0 Å². The molecule has 0 amide bonds. The van der Waals surface area contributed by atoms with Crippen molar-refractivity contribution in [1.82, 2.24) is 4.90 Å². The van der Waals surface area contributed by atoms with Crippen LogP contribution in [-0.2, 0) is 4.79 Å². The first-order chi connectivity index (χ1) is 9.58. The van der Waals surface area contributed by atoms with Crippen LogP contribution in [0.5, 0.6) is 0 Å². The van der Waals surface area contributed by atoms with E-state index in [1.54, 1.807) is 0 Å². The van der Waals surface area contributed by atoms with Crippen molar-refractivity contribution >= 4 is 28.6 Å². The Bertz CT molecular complexity index is 301. The van der Waals surface area contributed by atoms with Gasteiger partial charge in [-0.15, -0.1) is 0 Å². The first kappa shape index (κ1) is 18.2. The van der Waals surface area contributed by atoms with Crippen LogP contribution in [0, 0.1) is 0 Å². The maximum atomic E-state index is 11.5. The SMILES string of the molecule is CCCCCCCCC(I)N1CCCC1(CO)C(=O)O. The zero-order valence-electron chi connectivity index (χ0n) is 12.5. The summed E-state index contributed by atoms with van der Waals surface area (Å²) in [6, 6.07) is 0. The van der Waals surface area contributed by atoms with Crippen molar-refractivity contribution in [2.45, 2.75) is 74.3 Å². The summed E-state index contributed by atoms with van der Waals surface area (Å²) < 4.78 is 0.213. The molecule has 0 aromatic rings. The van der Waals surface area contributed by atoms with Gasteiger partial charge in [0.05, 0.1) is 10.7 Å². The van der Waals surface area contributed by atoms with Crippen molar-refractivity contribution in [2.24, 2.45) is 0 Å². The zero-order chi connectivity index (χ0) is 15.0. The molecule has 1 aliphatic rings. The van der Waals surface area contributed by atoms with Gasteiger partial charge in [-0.1, -0.05) is 68.0 Å². The van der Waals surface area contributed by atoms with E-state index in [0.29, 0.717) is 6.42 Å². The molecule has 2 atom stereocenters. The summed E-state index contributed by atoms with van der Waals surface area (Å²) in [6.45, 7) is 2.73. The summed E-state index contributed by atoms with van der Waals surface area (Å²) in [4.78, 5) is 13.5. The number of halogens is 1. The van der Waals surface area contributed by atoms with Gasteiger partial charge in [-0.2, -0.15) is 0 Å². The smallest absolute Gasteiger partial charge is 0.326 e. The second-order valence-corrected chi connectivity index (χ2v) is 7.22. The van der Waals surface area contributed by atoms with Gasteiger partial charge in [-0.05, 0) is 19.3 Å². The van der Waals surface area contributed by atoms with E-state index in [-0.39, 0.29) is 10.7 Å². The number of aliphatic carboxylic acids is 1. The fraction of sp³-hybridized carbons (Fsp3) is 0.933. The molecule has 0 saturated carbocycles. The molecule has 1 fully saturated rings. The standard InChI is InChI=1S/C15H28INO3/c1-2-3-4-5-6-7-9-13(16)17-11-8-10-15(17,12-18)14(19)20/h13,18H,2-12H2,1H3,(H,19,20). The number of carboxylic acid groups (broad SMARTS) is 1. The summed E-state index contributed by atoms with van der Waals surface area (Å²) in [5.41, 5.74) is -1.03. The van der Waals surface area contributed by atoms with Gasteiger partial charge >= 0.3 is 5.97 Å². The maximum absolute atomic E-state index is 11.5. The molecule has 1 rings (SSSR count). The first-order valence-corrected chi connectivity index (χ1v) is 9.08. The second kappa shape index (κ2) is 9.20. The Morgan fingerprint density at radius 1 is 1.30 bits per heavy atom. The zero-order valence-corrected chi connectivity index (χ0v) is 14.6. The number of unbranched alkanes of at least 4 members (excludes halogenated alkanes) is 5. The van der Waals surface area contributed by atoms with Gasteiger partial charge in [0.1, 0.15) is 5.54 Å². The average Bonchev–Trinajstić information content (AvgIpc) is 2.87. The van der Waals surface area contributed by atoms with E-state index in [1.807, 2.05) is 4.90 Å². The van der Waals surface area contributed by atoms with Gasteiger partial charge in [0.15, 0.2) is 0 Å². The minimum Gasteiger partial charge on any atom is -0.480 e. The molecule has 0 aromatic heterocycles. The molecular formula is C15H28INO3. The highest BCUT2D eigenvalue weighted by Crippen LogP contribution is 2.35. The van der Waals surface area contributed by atoms with E-state index >= 15 is 0 Å². The molecule has 1 aliphatic heterocycles. The predicted octanol–water partition coefficient (Wildman–Crippen LogP) is 3.41. The molecule has 0 spiro atoms. The summed E-state index contributed by atoms with van der Waals surface area (Å²) in [7, 11) is 0. The van der Waals surface area contributed by atoms with Crippen molar-refractivity contribution in [3.05, 3.63) is 0 Å². The summed E-state index contributed by atoms with van der Waals surface area (Å²) in [5.74, 6) is -0.873. The van der Waals surface area contributed by atoms with Gasteiger partial charge in [0, 0.05) is 6.54 Å². The highest BCUT2D eigenvalue weighted by atomic mass is 127. The molecule has 0 radical (unpaired) electrons. The quantitative estimate of drug-likeness (QED) is 0.257. The highest BCUT2D eigenvalue weighted by molar-refractivity contribution is 14.1. The Hall–Kier alpha value is 0.120. The number of aliphatic hydroxyl groups excluding tert-OH is 1. The number of rotatable bonds is 10. The summed E-state index contributed by atoms with van der Waals surface area (Å²) >= 11 is 2.35. The molecule has 1 heterocycles. The summed E-state index contributed by atoms with van der Waals surface area (Å²) in [6.07, 6.45) is 9.98. The fourth-order valence-electron chi connectivity index (χ4n) is 3.02. The second-order valence-electron chi connectivity index (χ2n) is 5.78. The van der Waals surface area contributed by atoms with Crippen molar-refractivity contribution in [1.29, 1.82) is 0 Å². The Kier molecular flexibility index (Phi) is 8.36. The van der Waals surface area contributed by atoms with E-state index in [2.05, 4.69) is 29.5 Å². The monoisotopic (exact) mass is 397 g/mol. The van der Waals surface area contributed by atoms with Gasteiger partial charge < -0.3 is 10.2 Å². The predicted molar refractivity (Wildman–Crippen MR) is 89.2 cm³/mol. The van der Waals surface area contributed by atoms with E-state index < -0.39 is 11.5 Å². The number of hydrogen-bond acceptors (Lipinski definition) is 3. The third kappa shape index (κ3) is 4.56. The molecular weight excluding hydrogens is 369 g/mol. The van der Waals surface area contributed by atoms with Crippen LogP contribution in [0.3, 0.4) is 0 Å². The third-order valence-electron chi connectivity index (χ3n) is 4.33. The van der Waals surface area contributed by atoms with Gasteiger partial charge in [-0.3, -0.25) is 9.69 Å². The molecule has 20 heavy (non-hydrogen) atoms. The number of aliphatic hydroxyl groups is 1. The molecule has 0 aliphatic carbocycles. The van der Waals surface area contributed by atoms with Crippen molar-refractivity contribution in [2.75, 3.05) is 13.2 Å². The molecule has 118 valence electrons. The van der Waals surface area contributed by atoms with E-state index in [0.717, 1.165) is 25.8 Å². The van der Waals surface area contributed by atoms with Crippen LogP contribution in [-0.4, -0.2) is 43.8 Å². The highest BCUT2D eigenvalue weighted by Gasteiger charge is 2.49. The lowest BCUT2D eigenvalue weighted by Crippen LogP contribution is -2.55. The lowest BCUT2D eigenvalue weighted by Gasteiger charge is -2.36. The Labute approximate surface area is 136 Å². The molecule has 4 nitrogen and oxygen atoms in total. The molecule has 5 heteroatoms. The van der Waals surface area contributed by atoms with Crippen LogP contribution in [0.15, 0.2) is 0 Å². The fourth-order valence-corrected chi connectivity index (χ4v) is 4.28. The Balaban J connectivity index is 2.38. The molecule has 2 unspecified atom stereocenters. The van der Waals surface area contributed by atoms with Crippen LogP contribution in [0.2, 0.25) is 0 Å². The maximum Gasteiger partial charge on any atom is 0.326 e. The Morgan fingerprint density at radius 2 is 1.95 bits per heavy atom. The number of carboxylic acids is 1. The van der Waals surface area contributed by atoms with E-state index in [1.165, 1.54) is 32.1 Å². The molecule has 0 aromatic carbocycles. The van der Waals surface area contributed by atoms with E-state index in [9.17, 15) is 15.0 Å². The number of carbonyl (C=O) groups is 1. The number of nitrogens with zero attached hydrogens (tertiary/aromatic N) is 1. The average molecular weight is 397 g/mol. The molecule has 0 bridgehead atoms. The number of hydrogen-bond donors (Lipinski definition) is 2. The largest absolute Gasteiger partial charge is 0.480 e. The molecule has 1 saturated heterocycles. The van der Waals surface area contributed by atoms with Crippen molar-refractivity contribution in [3.8, 4) is 0 Å². The minimum atomic E-state index is -1.03. The lowest BCUT2D eigenvalue weighted by atomic mass is 9.97. The van der Waals surface area contributed by atoms with Gasteiger partial charge in [0.2, 0.25) is 0 Å². The van der Waals surface area contributed by atoms with Crippen LogP contribution in [0.25, 0.3) is 0 Å². The number of alkyl halides is 1. The minimum absolute atomic E-state index is 0.213. The molecule has 2 N–H and O–H groups in total. The van der Waals surface area contributed by atoms with Crippen molar-refractivity contribution in [3.63, 3.8) is 0 Å². The summed E-state index contributed by atoms with van der Waals surface area (Å²) in [5, 5.41) is 19.0. The van der Waals surface area contributed by atoms with Crippen LogP contribution in [0.4, 0.5) is 0 Å². The van der Waals surface area contributed by atoms with E-state index in [4.69, 9.17) is 0 Å².